The summed E-state index contributed by atoms with van der Waals surface area (Å²) in [7, 11) is 1.43. The topological polar surface area (TPSA) is 93.7 Å². The quantitative estimate of drug-likeness (QED) is 0.742. The number of urea groups is 1. The van der Waals surface area contributed by atoms with Crippen molar-refractivity contribution in [3.05, 3.63) is 23.8 Å². The van der Waals surface area contributed by atoms with Crippen molar-refractivity contribution in [2.24, 2.45) is 5.92 Å². The molecule has 0 spiro atoms. The van der Waals surface area contributed by atoms with Gasteiger partial charge in [0.15, 0.2) is 18.1 Å². The molecule has 7 heteroatoms. The number of aldehydes is 1. The molecule has 0 bridgehead atoms. The number of amides is 3. The number of imide groups is 1. The van der Waals surface area contributed by atoms with Gasteiger partial charge in [0.25, 0.3) is 5.91 Å². The van der Waals surface area contributed by atoms with Gasteiger partial charge in [-0.1, -0.05) is 13.8 Å². The van der Waals surface area contributed by atoms with Crippen molar-refractivity contribution in [3.63, 3.8) is 0 Å². The minimum Gasteiger partial charge on any atom is -0.493 e. The average Bonchev–Trinajstić information content (AvgIpc) is 2.50. The fourth-order valence-electron chi connectivity index (χ4n) is 1.52. The molecule has 1 aromatic rings. The van der Waals surface area contributed by atoms with E-state index in [-0.39, 0.29) is 12.5 Å². The van der Waals surface area contributed by atoms with E-state index < -0.39 is 11.9 Å². The van der Waals surface area contributed by atoms with Crippen LogP contribution in [0.15, 0.2) is 18.2 Å². The lowest BCUT2D eigenvalue weighted by molar-refractivity contribution is -0.122. The second-order valence-electron chi connectivity index (χ2n) is 4.97. The summed E-state index contributed by atoms with van der Waals surface area (Å²) in [6.45, 7) is 4.02. The number of benzene rings is 1. The van der Waals surface area contributed by atoms with E-state index in [0.717, 1.165) is 0 Å². The fraction of sp³-hybridized carbons (Fsp3) is 0.400. The third kappa shape index (κ3) is 5.82. The lowest BCUT2D eigenvalue weighted by atomic mass is 10.2. The Labute approximate surface area is 129 Å². The molecule has 3 amide bonds. The van der Waals surface area contributed by atoms with Gasteiger partial charge in [0, 0.05) is 12.1 Å². The van der Waals surface area contributed by atoms with E-state index >= 15 is 0 Å². The van der Waals surface area contributed by atoms with E-state index in [4.69, 9.17) is 9.47 Å². The maximum atomic E-state index is 11.6. The summed E-state index contributed by atoms with van der Waals surface area (Å²) >= 11 is 0. The molecule has 120 valence electrons. The summed E-state index contributed by atoms with van der Waals surface area (Å²) in [5.41, 5.74) is 0.432. The van der Waals surface area contributed by atoms with Crippen molar-refractivity contribution in [1.82, 2.24) is 10.6 Å². The molecule has 0 saturated heterocycles. The molecule has 1 rings (SSSR count). The van der Waals surface area contributed by atoms with E-state index in [1.165, 1.54) is 25.3 Å². The van der Waals surface area contributed by atoms with Gasteiger partial charge in [0.05, 0.1) is 7.11 Å². The first-order chi connectivity index (χ1) is 10.5. The lowest BCUT2D eigenvalue weighted by Crippen LogP contribution is -2.42. The van der Waals surface area contributed by atoms with Gasteiger partial charge in [0.1, 0.15) is 6.29 Å². The Morgan fingerprint density at radius 1 is 1.27 bits per heavy atom. The standard InChI is InChI=1S/C15H20N2O5/c1-10(2)7-16-15(20)17-14(19)9-22-12-5-4-11(8-18)6-13(12)21-3/h4-6,8,10H,7,9H2,1-3H3,(H2,16,17,19,20). The average molecular weight is 308 g/mol. The highest BCUT2D eigenvalue weighted by molar-refractivity contribution is 5.95. The minimum absolute atomic E-state index is 0.290. The van der Waals surface area contributed by atoms with Crippen LogP contribution in [0, 0.1) is 5.92 Å². The van der Waals surface area contributed by atoms with Crippen LogP contribution in [-0.2, 0) is 4.79 Å². The van der Waals surface area contributed by atoms with Crippen LogP contribution in [0.5, 0.6) is 11.5 Å². The van der Waals surface area contributed by atoms with Gasteiger partial charge in [-0.05, 0) is 24.1 Å². The number of methoxy groups -OCH3 is 1. The molecule has 0 unspecified atom stereocenters. The zero-order chi connectivity index (χ0) is 16.5. The van der Waals surface area contributed by atoms with E-state index in [1.807, 2.05) is 13.8 Å². The van der Waals surface area contributed by atoms with Crippen LogP contribution in [0.3, 0.4) is 0 Å². The van der Waals surface area contributed by atoms with Crippen LogP contribution in [0.2, 0.25) is 0 Å². The molecular formula is C15H20N2O5. The number of nitrogens with one attached hydrogen (secondary N) is 2. The molecule has 7 nitrogen and oxygen atoms in total. The van der Waals surface area contributed by atoms with Crippen LogP contribution in [-0.4, -0.2) is 38.5 Å². The smallest absolute Gasteiger partial charge is 0.321 e. The molecule has 22 heavy (non-hydrogen) atoms. The Morgan fingerprint density at radius 2 is 2.00 bits per heavy atom. The summed E-state index contributed by atoms with van der Waals surface area (Å²) in [6, 6.07) is 3.99. The molecule has 0 aliphatic rings. The monoisotopic (exact) mass is 308 g/mol. The molecule has 0 atom stereocenters. The summed E-state index contributed by atoms with van der Waals surface area (Å²) in [4.78, 5) is 33.7. The Morgan fingerprint density at radius 3 is 2.59 bits per heavy atom. The number of hydrogen-bond acceptors (Lipinski definition) is 5. The maximum Gasteiger partial charge on any atom is 0.321 e. The Hall–Kier alpha value is -2.57. The highest BCUT2D eigenvalue weighted by Gasteiger charge is 2.11. The van der Waals surface area contributed by atoms with Crippen LogP contribution in [0.25, 0.3) is 0 Å². The van der Waals surface area contributed by atoms with E-state index in [1.54, 1.807) is 0 Å². The fourth-order valence-corrected chi connectivity index (χ4v) is 1.52. The van der Waals surface area contributed by atoms with Gasteiger partial charge in [-0.2, -0.15) is 0 Å². The highest BCUT2D eigenvalue weighted by atomic mass is 16.5. The van der Waals surface area contributed by atoms with Crippen LogP contribution < -0.4 is 20.1 Å². The van der Waals surface area contributed by atoms with E-state index in [9.17, 15) is 14.4 Å². The van der Waals surface area contributed by atoms with E-state index in [0.29, 0.717) is 29.9 Å². The van der Waals surface area contributed by atoms with Crippen LogP contribution in [0.4, 0.5) is 4.79 Å². The summed E-state index contributed by atoms with van der Waals surface area (Å²) < 4.78 is 10.4. The van der Waals surface area contributed by atoms with Gasteiger partial charge in [0.2, 0.25) is 0 Å². The van der Waals surface area contributed by atoms with Crippen LogP contribution in [0.1, 0.15) is 24.2 Å². The van der Waals surface area contributed by atoms with Crippen molar-refractivity contribution in [3.8, 4) is 11.5 Å². The van der Waals surface area contributed by atoms with Gasteiger partial charge < -0.3 is 14.8 Å². The number of carbonyl (C=O) groups is 3. The largest absolute Gasteiger partial charge is 0.493 e. The minimum atomic E-state index is -0.581. The molecular weight excluding hydrogens is 288 g/mol. The molecule has 0 heterocycles. The van der Waals surface area contributed by atoms with Crippen molar-refractivity contribution >= 4 is 18.2 Å². The molecule has 2 N–H and O–H groups in total. The molecule has 0 aliphatic heterocycles. The molecule has 1 aromatic carbocycles. The van der Waals surface area contributed by atoms with Crippen molar-refractivity contribution in [1.29, 1.82) is 0 Å². The summed E-state index contributed by atoms with van der Waals surface area (Å²) in [5, 5.41) is 4.71. The Balaban J connectivity index is 2.50. The van der Waals surface area contributed by atoms with Crippen molar-refractivity contribution < 1.29 is 23.9 Å². The van der Waals surface area contributed by atoms with Crippen molar-refractivity contribution in [2.45, 2.75) is 13.8 Å². The molecule has 0 fully saturated rings. The molecule has 0 aliphatic carbocycles. The third-order valence-electron chi connectivity index (χ3n) is 2.61. The first-order valence-electron chi connectivity index (χ1n) is 6.80. The first-order valence-corrected chi connectivity index (χ1v) is 6.80. The summed E-state index contributed by atoms with van der Waals surface area (Å²) in [5.74, 6) is 0.355. The predicted octanol–water partition coefficient (Wildman–Crippen LogP) is 1.37. The van der Waals surface area contributed by atoms with Gasteiger partial charge in [-0.3, -0.25) is 14.9 Å². The van der Waals surface area contributed by atoms with Gasteiger partial charge in [-0.15, -0.1) is 0 Å². The summed E-state index contributed by atoms with van der Waals surface area (Å²) in [6.07, 6.45) is 0.679. The molecule has 0 aromatic heterocycles. The number of rotatable bonds is 7. The Kier molecular flexibility index (Phi) is 6.88. The third-order valence-corrected chi connectivity index (χ3v) is 2.61. The normalized spacial score (nSPS) is 10.0. The lowest BCUT2D eigenvalue weighted by Gasteiger charge is -2.11. The molecule has 0 radical (unpaired) electrons. The number of hydrogen-bond donors (Lipinski definition) is 2. The van der Waals surface area contributed by atoms with Gasteiger partial charge >= 0.3 is 6.03 Å². The van der Waals surface area contributed by atoms with Crippen LogP contribution >= 0.6 is 0 Å². The predicted molar refractivity (Wildman–Crippen MR) is 80.3 cm³/mol. The maximum absolute atomic E-state index is 11.6. The van der Waals surface area contributed by atoms with Crippen molar-refractivity contribution in [2.75, 3.05) is 20.3 Å². The number of carbonyl (C=O) groups excluding carboxylic acids is 3. The second kappa shape index (κ2) is 8.66. The highest BCUT2D eigenvalue weighted by Crippen LogP contribution is 2.27. The zero-order valence-corrected chi connectivity index (χ0v) is 12.8. The zero-order valence-electron chi connectivity index (χ0n) is 12.8. The second-order valence-corrected chi connectivity index (χ2v) is 4.97. The SMILES string of the molecule is COc1cc(C=O)ccc1OCC(=O)NC(=O)NCC(C)C. The molecule has 0 saturated carbocycles. The Bertz CT molecular complexity index is 543. The number of ether oxygens (including phenoxy) is 2. The van der Waals surface area contributed by atoms with Gasteiger partial charge in [-0.25, -0.2) is 4.79 Å². The first kappa shape index (κ1) is 17.5. The van der Waals surface area contributed by atoms with E-state index in [2.05, 4.69) is 10.6 Å².